The van der Waals surface area contributed by atoms with E-state index in [1.54, 1.807) is 12.1 Å². The van der Waals surface area contributed by atoms with Crippen molar-refractivity contribution in [2.75, 3.05) is 19.5 Å². The number of nitrogens with zero attached hydrogens (tertiary/aromatic N) is 3. The molecule has 2 heterocycles. The van der Waals surface area contributed by atoms with Crippen LogP contribution in [0.5, 0.6) is 11.5 Å². The van der Waals surface area contributed by atoms with Gasteiger partial charge in [0.15, 0.2) is 0 Å². The maximum Gasteiger partial charge on any atom is 0.573 e. The van der Waals surface area contributed by atoms with Gasteiger partial charge < -0.3 is 24.8 Å². The average Bonchev–Trinajstić information content (AvgIpc) is 3.22. The third-order valence-corrected chi connectivity index (χ3v) is 7.12. The smallest absolute Gasteiger partial charge is 0.494 e. The van der Waals surface area contributed by atoms with Crippen LogP contribution in [-0.2, 0) is 16.6 Å². The molecular formula is C24H21F3N4O6S. The van der Waals surface area contributed by atoms with Crippen LogP contribution < -0.4 is 14.8 Å². The van der Waals surface area contributed by atoms with Crippen molar-refractivity contribution >= 4 is 38.4 Å². The fourth-order valence-electron chi connectivity index (χ4n) is 3.73. The third-order valence-electron chi connectivity index (χ3n) is 5.47. The summed E-state index contributed by atoms with van der Waals surface area (Å²) in [4.78, 5) is 16.2. The largest absolute Gasteiger partial charge is 0.573 e. The second-order valence-electron chi connectivity index (χ2n) is 8.05. The van der Waals surface area contributed by atoms with Crippen molar-refractivity contribution in [3.63, 3.8) is 0 Å². The number of carboxylic acid groups (broad SMARTS) is 1. The van der Waals surface area contributed by atoms with Crippen LogP contribution in [0.4, 0.5) is 29.3 Å². The molecule has 4 aromatic rings. The maximum atomic E-state index is 13.4. The minimum absolute atomic E-state index is 0.0500. The van der Waals surface area contributed by atoms with Crippen LogP contribution in [0, 0.1) is 0 Å². The summed E-state index contributed by atoms with van der Waals surface area (Å²) in [5.41, 5.74) is 1.36. The normalized spacial score (nSPS) is 11.8. The second kappa shape index (κ2) is 10.1. The van der Waals surface area contributed by atoms with Gasteiger partial charge in [-0.2, -0.15) is 0 Å². The first-order valence-electron chi connectivity index (χ1n) is 10.8. The number of methoxy groups -OCH3 is 1. The standard InChI is InChI=1S/C24H21F3N4O6S/c1-30(23(32)33)13-15-14-31(38(34,35)18-4-3-9-28-12-18)21-10-16(5-7-19(15)21)29-20-8-6-17(11-22(20)36-2)37-24(25,26)27/h3-12,14,29H,13H2,1-2H3,(H,32,33). The van der Waals surface area contributed by atoms with E-state index in [9.17, 15) is 31.5 Å². The Morgan fingerprint density at radius 2 is 1.95 bits per heavy atom. The number of pyridine rings is 1. The predicted octanol–water partition coefficient (Wildman–Crippen LogP) is 5.03. The Labute approximate surface area is 214 Å². The molecule has 0 spiro atoms. The first kappa shape index (κ1) is 26.6. The van der Waals surface area contributed by atoms with E-state index in [-0.39, 0.29) is 22.7 Å². The molecule has 0 radical (unpaired) electrons. The number of carbonyl (C=O) groups is 1. The van der Waals surface area contributed by atoms with Gasteiger partial charge >= 0.3 is 12.5 Å². The minimum atomic E-state index is -4.87. The van der Waals surface area contributed by atoms with Gasteiger partial charge in [0.25, 0.3) is 10.0 Å². The van der Waals surface area contributed by atoms with Crippen LogP contribution in [-0.4, -0.2) is 54.0 Å². The number of hydrogen-bond donors (Lipinski definition) is 2. The van der Waals surface area contributed by atoms with Crippen LogP contribution in [0.1, 0.15) is 5.56 Å². The van der Waals surface area contributed by atoms with Gasteiger partial charge in [0.2, 0.25) is 0 Å². The second-order valence-corrected chi connectivity index (χ2v) is 9.86. The van der Waals surface area contributed by atoms with Crippen molar-refractivity contribution in [1.29, 1.82) is 0 Å². The van der Waals surface area contributed by atoms with Crippen molar-refractivity contribution in [3.05, 3.63) is 72.7 Å². The molecule has 0 bridgehead atoms. The maximum absolute atomic E-state index is 13.4. The van der Waals surface area contributed by atoms with Gasteiger partial charge in [-0.25, -0.2) is 17.2 Å². The summed E-state index contributed by atoms with van der Waals surface area (Å²) in [6, 6.07) is 11.1. The minimum Gasteiger partial charge on any atom is -0.494 e. The fraction of sp³-hybridized carbons (Fsp3) is 0.167. The molecule has 200 valence electrons. The molecule has 14 heteroatoms. The van der Waals surface area contributed by atoms with Crippen LogP contribution in [0.2, 0.25) is 0 Å². The number of benzene rings is 2. The zero-order valence-corrected chi connectivity index (χ0v) is 20.7. The summed E-state index contributed by atoms with van der Waals surface area (Å²) in [5, 5.41) is 12.8. The first-order valence-corrected chi connectivity index (χ1v) is 12.3. The third kappa shape index (κ3) is 5.59. The van der Waals surface area contributed by atoms with E-state index in [0.29, 0.717) is 22.3 Å². The van der Waals surface area contributed by atoms with Crippen LogP contribution in [0.15, 0.2) is 72.0 Å². The number of hydrogen-bond acceptors (Lipinski definition) is 7. The van der Waals surface area contributed by atoms with Crippen molar-refractivity contribution < 1.29 is 41.0 Å². The Balaban J connectivity index is 1.79. The number of fused-ring (bicyclic) bond motifs is 1. The zero-order valence-electron chi connectivity index (χ0n) is 19.9. The molecule has 0 aliphatic rings. The van der Waals surface area contributed by atoms with Crippen molar-refractivity contribution in [3.8, 4) is 11.5 Å². The van der Waals surface area contributed by atoms with Crippen LogP contribution in [0.25, 0.3) is 10.9 Å². The quantitative estimate of drug-likeness (QED) is 0.313. The number of rotatable bonds is 8. The molecule has 4 rings (SSSR count). The van der Waals surface area contributed by atoms with Gasteiger partial charge in [-0.05, 0) is 42.0 Å². The van der Waals surface area contributed by atoms with Gasteiger partial charge in [0.1, 0.15) is 16.4 Å². The topological polar surface area (TPSA) is 123 Å². The van der Waals surface area contributed by atoms with Crippen LogP contribution >= 0.6 is 0 Å². The fourth-order valence-corrected chi connectivity index (χ4v) is 5.08. The monoisotopic (exact) mass is 550 g/mol. The molecule has 2 aromatic heterocycles. The van der Waals surface area contributed by atoms with Crippen LogP contribution in [0.3, 0.4) is 0 Å². The number of nitrogens with one attached hydrogen (secondary N) is 1. The number of amides is 1. The molecule has 2 N–H and O–H groups in total. The van der Waals surface area contributed by atoms with Gasteiger partial charge in [-0.15, -0.1) is 13.2 Å². The number of halogens is 3. The summed E-state index contributed by atoms with van der Waals surface area (Å²) >= 11 is 0. The predicted molar refractivity (Wildman–Crippen MR) is 131 cm³/mol. The molecule has 10 nitrogen and oxygen atoms in total. The molecular weight excluding hydrogens is 529 g/mol. The summed E-state index contributed by atoms with van der Waals surface area (Å²) < 4.78 is 74.8. The van der Waals surface area contributed by atoms with Crippen molar-refractivity contribution in [1.82, 2.24) is 13.9 Å². The van der Waals surface area contributed by atoms with E-state index in [2.05, 4.69) is 15.0 Å². The summed E-state index contributed by atoms with van der Waals surface area (Å²) in [5.74, 6) is -0.423. The van der Waals surface area contributed by atoms with E-state index >= 15 is 0 Å². The number of ether oxygens (including phenoxy) is 2. The van der Waals surface area contributed by atoms with Crippen molar-refractivity contribution in [2.24, 2.45) is 0 Å². The lowest BCUT2D eigenvalue weighted by atomic mass is 10.1. The lowest BCUT2D eigenvalue weighted by molar-refractivity contribution is -0.274. The Morgan fingerprint density at radius 3 is 2.58 bits per heavy atom. The summed E-state index contributed by atoms with van der Waals surface area (Å²) in [6.45, 7) is -0.0807. The van der Waals surface area contributed by atoms with E-state index in [0.717, 1.165) is 21.0 Å². The molecule has 0 aliphatic carbocycles. The Bertz CT molecular complexity index is 1590. The Hall–Kier alpha value is -4.46. The van der Waals surface area contributed by atoms with E-state index in [1.165, 1.54) is 57.0 Å². The van der Waals surface area contributed by atoms with Gasteiger partial charge in [0, 0.05) is 42.8 Å². The van der Waals surface area contributed by atoms with Gasteiger partial charge in [-0.3, -0.25) is 4.98 Å². The SMILES string of the molecule is COc1cc(OC(F)(F)F)ccc1Nc1ccc2c(CN(C)C(=O)O)cn(S(=O)(=O)c3cccnc3)c2c1. The van der Waals surface area contributed by atoms with Crippen molar-refractivity contribution in [2.45, 2.75) is 17.8 Å². The first-order chi connectivity index (χ1) is 17.9. The number of aromatic nitrogens is 2. The lowest BCUT2D eigenvalue weighted by Crippen LogP contribution is -2.23. The molecule has 0 aliphatic heterocycles. The number of anilines is 2. The highest BCUT2D eigenvalue weighted by Gasteiger charge is 2.31. The molecule has 0 fully saturated rings. The Morgan fingerprint density at radius 1 is 1.18 bits per heavy atom. The molecule has 0 atom stereocenters. The molecule has 0 saturated carbocycles. The molecule has 1 amide bonds. The highest BCUT2D eigenvalue weighted by molar-refractivity contribution is 7.90. The summed E-state index contributed by atoms with van der Waals surface area (Å²) in [6.07, 6.45) is -2.09. The lowest BCUT2D eigenvalue weighted by Gasteiger charge is -2.15. The number of alkyl halides is 3. The van der Waals surface area contributed by atoms with E-state index in [4.69, 9.17) is 4.74 Å². The average molecular weight is 551 g/mol. The zero-order chi connectivity index (χ0) is 27.7. The highest BCUT2D eigenvalue weighted by Crippen LogP contribution is 2.35. The molecule has 0 saturated heterocycles. The van der Waals surface area contributed by atoms with Gasteiger partial charge in [0.05, 0.1) is 24.9 Å². The Kier molecular flexibility index (Phi) is 7.09. The molecule has 0 unspecified atom stereocenters. The highest BCUT2D eigenvalue weighted by atomic mass is 32.2. The molecule has 2 aromatic carbocycles. The van der Waals surface area contributed by atoms with E-state index in [1.807, 2.05) is 0 Å². The van der Waals surface area contributed by atoms with Gasteiger partial charge in [-0.1, -0.05) is 6.07 Å². The van der Waals surface area contributed by atoms with E-state index < -0.39 is 28.2 Å². The summed E-state index contributed by atoms with van der Waals surface area (Å²) in [7, 11) is -1.48. The molecule has 38 heavy (non-hydrogen) atoms.